The van der Waals surface area contributed by atoms with Gasteiger partial charge in [0.25, 0.3) is 0 Å². The standard InChI is InChI=1S/C20H23NO7/c1-4-27-17-10-20-9-16(26-3)14(22)8-12(20)13(21(23)24)7-11-5-6-15(25-2)19(28-17)18(11)20/h5-6,9,12-13,17H,4,7-8,10H2,1-3H3/t12-,13+,17-,20+/m1/s1. The number of Topliss-reactive ketones (excluding diaryl/α,β-unsaturated/α-hetero) is 1. The van der Waals surface area contributed by atoms with E-state index in [2.05, 4.69) is 0 Å². The number of rotatable bonds is 5. The second kappa shape index (κ2) is 6.77. The van der Waals surface area contributed by atoms with Crippen LogP contribution in [0.3, 0.4) is 0 Å². The van der Waals surface area contributed by atoms with Gasteiger partial charge < -0.3 is 18.9 Å². The molecule has 4 atom stereocenters. The van der Waals surface area contributed by atoms with Crippen molar-refractivity contribution in [1.82, 2.24) is 0 Å². The number of nitrogens with zero attached hydrogens (tertiary/aromatic N) is 1. The van der Waals surface area contributed by atoms with E-state index < -0.39 is 23.7 Å². The van der Waals surface area contributed by atoms with Gasteiger partial charge in [-0.3, -0.25) is 14.9 Å². The maximum atomic E-state index is 12.5. The number of hydrogen-bond acceptors (Lipinski definition) is 7. The average molecular weight is 389 g/mol. The minimum atomic E-state index is -0.868. The predicted molar refractivity (Wildman–Crippen MR) is 98.0 cm³/mol. The van der Waals surface area contributed by atoms with Gasteiger partial charge in [-0.2, -0.15) is 0 Å². The molecule has 1 heterocycles. The van der Waals surface area contributed by atoms with Crippen LogP contribution in [0.15, 0.2) is 24.0 Å². The average Bonchev–Trinajstić information content (AvgIpc) is 2.67. The molecule has 1 aliphatic heterocycles. The lowest BCUT2D eigenvalue weighted by Crippen LogP contribution is -2.56. The molecule has 1 aromatic rings. The Kier molecular flexibility index (Phi) is 4.53. The van der Waals surface area contributed by atoms with Gasteiger partial charge in [-0.25, -0.2) is 0 Å². The first kappa shape index (κ1) is 18.7. The van der Waals surface area contributed by atoms with Gasteiger partial charge in [0.2, 0.25) is 12.3 Å². The van der Waals surface area contributed by atoms with Gasteiger partial charge in [0.1, 0.15) is 0 Å². The lowest BCUT2D eigenvalue weighted by Gasteiger charge is -2.50. The van der Waals surface area contributed by atoms with Gasteiger partial charge in [-0.15, -0.1) is 0 Å². The first-order valence-corrected chi connectivity index (χ1v) is 9.37. The molecule has 0 aromatic heterocycles. The molecule has 0 N–H and O–H groups in total. The van der Waals surface area contributed by atoms with E-state index in [1.807, 2.05) is 13.0 Å². The third-order valence-electron chi connectivity index (χ3n) is 6.11. The number of ketones is 1. The van der Waals surface area contributed by atoms with Crippen LogP contribution < -0.4 is 9.47 Å². The van der Waals surface area contributed by atoms with E-state index in [0.29, 0.717) is 24.5 Å². The molecule has 0 saturated heterocycles. The largest absolute Gasteiger partial charge is 0.493 e. The summed E-state index contributed by atoms with van der Waals surface area (Å²) >= 11 is 0. The van der Waals surface area contributed by atoms with E-state index in [9.17, 15) is 14.9 Å². The van der Waals surface area contributed by atoms with Crippen molar-refractivity contribution in [2.45, 2.75) is 43.9 Å². The fourth-order valence-corrected chi connectivity index (χ4v) is 5.01. The molecule has 0 unspecified atom stereocenters. The molecule has 2 aliphatic carbocycles. The van der Waals surface area contributed by atoms with Crippen molar-refractivity contribution in [1.29, 1.82) is 0 Å². The molecular weight excluding hydrogens is 366 g/mol. The molecule has 3 aliphatic rings. The molecule has 1 aromatic carbocycles. The van der Waals surface area contributed by atoms with Crippen LogP contribution in [0.2, 0.25) is 0 Å². The van der Waals surface area contributed by atoms with Crippen LogP contribution in [-0.2, 0) is 26.1 Å². The summed E-state index contributed by atoms with van der Waals surface area (Å²) in [6.07, 6.45) is 1.84. The first-order chi connectivity index (χ1) is 13.4. The second-order valence-corrected chi connectivity index (χ2v) is 7.38. The Morgan fingerprint density at radius 2 is 2.07 bits per heavy atom. The van der Waals surface area contributed by atoms with Gasteiger partial charge >= 0.3 is 0 Å². The molecule has 0 amide bonds. The zero-order valence-corrected chi connectivity index (χ0v) is 16.1. The van der Waals surface area contributed by atoms with Crippen LogP contribution in [0.5, 0.6) is 11.5 Å². The molecule has 0 saturated carbocycles. The third-order valence-corrected chi connectivity index (χ3v) is 6.11. The molecular formula is C20H23NO7. The summed E-state index contributed by atoms with van der Waals surface area (Å²) in [6, 6.07) is 2.75. The lowest BCUT2D eigenvalue weighted by atomic mass is 9.55. The van der Waals surface area contributed by atoms with Crippen LogP contribution in [0.1, 0.15) is 30.9 Å². The minimum absolute atomic E-state index is 0.0558. The zero-order chi connectivity index (χ0) is 20.1. The highest BCUT2D eigenvalue weighted by Crippen LogP contribution is 2.58. The molecule has 8 nitrogen and oxygen atoms in total. The fraction of sp³-hybridized carbons (Fsp3) is 0.550. The smallest absolute Gasteiger partial charge is 0.221 e. The topological polar surface area (TPSA) is 97.1 Å². The lowest BCUT2D eigenvalue weighted by molar-refractivity contribution is -0.535. The Balaban J connectivity index is 2.01. The molecule has 0 radical (unpaired) electrons. The summed E-state index contributed by atoms with van der Waals surface area (Å²) in [5.74, 6) is 0.608. The summed E-state index contributed by atoms with van der Waals surface area (Å²) in [4.78, 5) is 24.2. The molecule has 28 heavy (non-hydrogen) atoms. The van der Waals surface area contributed by atoms with Crippen molar-refractivity contribution in [2.75, 3.05) is 20.8 Å². The van der Waals surface area contributed by atoms with Crippen LogP contribution in [0.25, 0.3) is 0 Å². The minimum Gasteiger partial charge on any atom is -0.493 e. The van der Waals surface area contributed by atoms with Crippen LogP contribution in [0.4, 0.5) is 0 Å². The van der Waals surface area contributed by atoms with E-state index in [1.54, 1.807) is 19.3 Å². The van der Waals surface area contributed by atoms with Crippen LogP contribution >= 0.6 is 0 Å². The maximum Gasteiger partial charge on any atom is 0.221 e. The van der Waals surface area contributed by atoms with E-state index in [-0.39, 0.29) is 29.3 Å². The molecule has 0 fully saturated rings. The Bertz CT molecular complexity index is 864. The number of methoxy groups -OCH3 is 2. The van der Waals surface area contributed by atoms with Gasteiger partial charge in [0, 0.05) is 47.7 Å². The number of ether oxygens (including phenoxy) is 4. The predicted octanol–water partition coefficient (Wildman–Crippen LogP) is 2.40. The van der Waals surface area contributed by atoms with Crippen molar-refractivity contribution in [3.05, 3.63) is 45.2 Å². The normalized spacial score (nSPS) is 30.5. The fourth-order valence-electron chi connectivity index (χ4n) is 5.01. The van der Waals surface area contributed by atoms with Crippen molar-refractivity contribution in [2.24, 2.45) is 5.92 Å². The number of allylic oxidation sites excluding steroid dienone is 2. The monoisotopic (exact) mass is 389 g/mol. The molecule has 0 bridgehead atoms. The quantitative estimate of drug-likeness (QED) is 0.563. The number of carbonyl (C=O) groups excluding carboxylic acids is 1. The summed E-state index contributed by atoms with van der Waals surface area (Å²) in [7, 11) is 3.00. The Morgan fingerprint density at radius 3 is 2.71 bits per heavy atom. The van der Waals surface area contributed by atoms with E-state index in [4.69, 9.17) is 18.9 Å². The zero-order valence-electron chi connectivity index (χ0n) is 16.1. The van der Waals surface area contributed by atoms with Gasteiger partial charge in [-0.1, -0.05) is 6.07 Å². The van der Waals surface area contributed by atoms with E-state index in [0.717, 1.165) is 11.1 Å². The van der Waals surface area contributed by atoms with Crippen molar-refractivity contribution in [3.63, 3.8) is 0 Å². The molecule has 8 heteroatoms. The maximum absolute atomic E-state index is 12.5. The Morgan fingerprint density at radius 1 is 1.29 bits per heavy atom. The molecule has 150 valence electrons. The first-order valence-electron chi connectivity index (χ1n) is 9.37. The van der Waals surface area contributed by atoms with Gasteiger partial charge in [0.15, 0.2) is 23.0 Å². The van der Waals surface area contributed by atoms with E-state index >= 15 is 0 Å². The van der Waals surface area contributed by atoms with Crippen molar-refractivity contribution >= 4 is 5.78 Å². The van der Waals surface area contributed by atoms with Gasteiger partial charge in [-0.05, 0) is 24.6 Å². The number of carbonyl (C=O) groups is 1. The van der Waals surface area contributed by atoms with Crippen molar-refractivity contribution in [3.8, 4) is 11.5 Å². The summed E-state index contributed by atoms with van der Waals surface area (Å²) in [5.41, 5.74) is 0.907. The Hall–Kier alpha value is -2.61. The van der Waals surface area contributed by atoms with E-state index in [1.165, 1.54) is 7.11 Å². The summed E-state index contributed by atoms with van der Waals surface area (Å²) in [6.45, 7) is 2.30. The number of hydrogen-bond donors (Lipinski definition) is 0. The highest BCUT2D eigenvalue weighted by Gasteiger charge is 2.60. The SMILES string of the molecule is CCO[C@H]1C[C@@]23C=C(OC)C(=O)C[C@@H]2[C@@H]([N+](=O)[O-])Cc2ccc(OC)c(c23)O1. The van der Waals surface area contributed by atoms with Crippen LogP contribution in [-0.4, -0.2) is 43.9 Å². The van der Waals surface area contributed by atoms with Crippen molar-refractivity contribution < 1.29 is 28.7 Å². The molecule has 1 spiro atoms. The number of benzene rings is 1. The highest BCUT2D eigenvalue weighted by molar-refractivity contribution is 5.95. The summed E-state index contributed by atoms with van der Waals surface area (Å²) < 4.78 is 22.7. The Labute approximate surface area is 162 Å². The van der Waals surface area contributed by atoms with Gasteiger partial charge in [0.05, 0.1) is 14.2 Å². The van der Waals surface area contributed by atoms with Crippen LogP contribution in [0, 0.1) is 16.0 Å². The molecule has 4 rings (SSSR count). The number of nitro groups is 1. The summed E-state index contributed by atoms with van der Waals surface area (Å²) in [5, 5.41) is 11.9. The third kappa shape index (κ3) is 2.58. The highest BCUT2D eigenvalue weighted by atomic mass is 16.7. The second-order valence-electron chi connectivity index (χ2n) is 7.38.